The van der Waals surface area contributed by atoms with E-state index in [1.165, 1.54) is 0 Å². The maximum atomic E-state index is 12.1. The van der Waals surface area contributed by atoms with E-state index in [2.05, 4.69) is 5.32 Å². The Morgan fingerprint density at radius 1 is 1.22 bits per heavy atom. The quantitative estimate of drug-likeness (QED) is 0.619. The van der Waals surface area contributed by atoms with Crippen LogP contribution in [-0.2, 0) is 14.6 Å². The molecule has 2 atom stereocenters. The van der Waals surface area contributed by atoms with Crippen LogP contribution in [0.4, 0.5) is 0 Å². The Morgan fingerprint density at radius 3 is 2.22 bits per heavy atom. The van der Waals surface area contributed by atoms with Gasteiger partial charge in [-0.3, -0.25) is 4.79 Å². The van der Waals surface area contributed by atoms with Crippen molar-refractivity contribution in [2.45, 2.75) is 57.7 Å². The smallest absolute Gasteiger partial charge is 0.232 e. The Hall–Kier alpha value is -0.620. The highest BCUT2D eigenvalue weighted by Crippen LogP contribution is 2.16. The first-order chi connectivity index (χ1) is 8.38. The first-order valence-electron chi connectivity index (χ1n) is 6.62. The third kappa shape index (κ3) is 5.82. The molecule has 0 heterocycles. The fraction of sp³-hybridized carbons (Fsp3) is 0.917. The van der Waals surface area contributed by atoms with Gasteiger partial charge in [-0.2, -0.15) is 0 Å². The Kier molecular flexibility index (Phi) is 8.18. The minimum Gasteiger partial charge on any atom is -0.369 e. The fourth-order valence-corrected chi connectivity index (χ4v) is 4.01. The van der Waals surface area contributed by atoms with E-state index in [-0.39, 0.29) is 6.04 Å². The molecular weight excluding hydrogens is 252 g/mol. The van der Waals surface area contributed by atoms with Crippen molar-refractivity contribution in [1.82, 2.24) is 5.32 Å². The van der Waals surface area contributed by atoms with Gasteiger partial charge in [0.1, 0.15) is 5.75 Å². The molecule has 0 aromatic carbocycles. The normalized spacial score (nSPS) is 15.3. The molecule has 1 amide bonds. The Bertz CT molecular complexity index is 341. The number of amides is 1. The summed E-state index contributed by atoms with van der Waals surface area (Å²) in [4.78, 5) is 10.9. The molecule has 0 aromatic rings. The molecule has 0 fully saturated rings. The molecule has 108 valence electrons. The zero-order valence-electron chi connectivity index (χ0n) is 11.6. The van der Waals surface area contributed by atoms with E-state index in [0.29, 0.717) is 6.42 Å². The highest BCUT2D eigenvalue weighted by molar-refractivity contribution is 7.92. The van der Waals surface area contributed by atoms with E-state index in [1.807, 2.05) is 20.8 Å². The van der Waals surface area contributed by atoms with Gasteiger partial charge in [-0.25, -0.2) is 8.42 Å². The van der Waals surface area contributed by atoms with Crippen molar-refractivity contribution in [1.29, 1.82) is 0 Å². The van der Waals surface area contributed by atoms with Crippen LogP contribution in [0.5, 0.6) is 0 Å². The lowest BCUT2D eigenvalue weighted by atomic mass is 10.1. The number of primary amides is 1. The number of hydrogen-bond donors (Lipinski definition) is 2. The van der Waals surface area contributed by atoms with Gasteiger partial charge >= 0.3 is 0 Å². The van der Waals surface area contributed by atoms with E-state index in [0.717, 1.165) is 25.8 Å². The molecule has 0 rings (SSSR count). The number of nitrogens with two attached hydrogens (primary N) is 1. The second-order valence-electron chi connectivity index (χ2n) is 4.57. The lowest BCUT2D eigenvalue weighted by Gasteiger charge is -2.26. The highest BCUT2D eigenvalue weighted by Gasteiger charge is 2.32. The summed E-state index contributed by atoms with van der Waals surface area (Å²) >= 11 is 0. The van der Waals surface area contributed by atoms with Crippen LogP contribution in [0, 0.1) is 0 Å². The molecule has 3 N–H and O–H groups in total. The number of carbonyl (C=O) groups excluding carboxylic acids is 1. The summed E-state index contributed by atoms with van der Waals surface area (Å²) in [7, 11) is -3.46. The molecular formula is C12H26N2O3S. The molecule has 0 aliphatic carbocycles. The lowest BCUT2D eigenvalue weighted by Crippen LogP contribution is -2.46. The van der Waals surface area contributed by atoms with Gasteiger partial charge in [0.25, 0.3) is 0 Å². The largest absolute Gasteiger partial charge is 0.369 e. The van der Waals surface area contributed by atoms with Crippen LogP contribution >= 0.6 is 0 Å². The minimum atomic E-state index is -3.46. The molecule has 0 radical (unpaired) electrons. The molecule has 18 heavy (non-hydrogen) atoms. The molecule has 0 aromatic heterocycles. The van der Waals surface area contributed by atoms with Gasteiger partial charge in [0.2, 0.25) is 5.91 Å². The monoisotopic (exact) mass is 278 g/mol. The second-order valence-corrected chi connectivity index (χ2v) is 6.79. The molecule has 0 saturated heterocycles. The van der Waals surface area contributed by atoms with Crippen LogP contribution in [0.1, 0.15) is 46.5 Å². The molecule has 0 aliphatic rings. The first kappa shape index (κ1) is 17.4. The molecule has 0 aliphatic heterocycles. The highest BCUT2D eigenvalue weighted by atomic mass is 32.2. The average Bonchev–Trinajstić information content (AvgIpc) is 2.24. The Labute approximate surface area is 110 Å². The first-order valence-corrected chi connectivity index (χ1v) is 8.33. The maximum absolute atomic E-state index is 12.1. The number of hydrogen-bond acceptors (Lipinski definition) is 4. The van der Waals surface area contributed by atoms with Crippen molar-refractivity contribution in [3.05, 3.63) is 0 Å². The van der Waals surface area contributed by atoms with Crippen molar-refractivity contribution in [2.75, 3.05) is 12.3 Å². The maximum Gasteiger partial charge on any atom is 0.232 e. The van der Waals surface area contributed by atoms with Crippen molar-refractivity contribution in [3.63, 3.8) is 0 Å². The van der Waals surface area contributed by atoms with Crippen LogP contribution in [0.3, 0.4) is 0 Å². The van der Waals surface area contributed by atoms with Gasteiger partial charge < -0.3 is 11.1 Å². The third-order valence-corrected chi connectivity index (χ3v) is 5.18. The Morgan fingerprint density at radius 2 is 1.83 bits per heavy atom. The Balaban J connectivity index is 4.91. The topological polar surface area (TPSA) is 89.3 Å². The number of nitrogens with one attached hydrogen (secondary N) is 1. The standard InChI is InChI=1S/C12H26N2O3S/c1-4-7-10(14-8-5-2)11(6-3)18(16,17)9-12(13)15/h10-11,14H,4-9H2,1-3H3,(H2,13,15). The van der Waals surface area contributed by atoms with Gasteiger partial charge in [0, 0.05) is 6.04 Å². The SMILES string of the molecule is CCCNC(CCC)C(CC)S(=O)(=O)CC(N)=O. The number of sulfone groups is 1. The summed E-state index contributed by atoms with van der Waals surface area (Å²) in [5, 5.41) is 2.74. The summed E-state index contributed by atoms with van der Waals surface area (Å²) in [5.74, 6) is -1.33. The summed E-state index contributed by atoms with van der Waals surface area (Å²) in [6.45, 7) is 6.68. The van der Waals surface area contributed by atoms with E-state index in [4.69, 9.17) is 5.73 Å². The summed E-state index contributed by atoms with van der Waals surface area (Å²) in [5.41, 5.74) is 5.01. The summed E-state index contributed by atoms with van der Waals surface area (Å²) in [6, 6.07) is -0.0932. The van der Waals surface area contributed by atoms with Crippen LogP contribution in [0.25, 0.3) is 0 Å². The van der Waals surface area contributed by atoms with Crippen molar-refractivity contribution < 1.29 is 13.2 Å². The second kappa shape index (κ2) is 8.48. The number of carbonyl (C=O) groups is 1. The molecule has 5 nitrogen and oxygen atoms in total. The zero-order valence-corrected chi connectivity index (χ0v) is 12.4. The van der Waals surface area contributed by atoms with Gasteiger partial charge in [-0.1, -0.05) is 27.2 Å². The van der Waals surface area contributed by atoms with E-state index < -0.39 is 26.7 Å². The zero-order chi connectivity index (χ0) is 14.2. The van der Waals surface area contributed by atoms with Gasteiger partial charge in [0.05, 0.1) is 5.25 Å². The number of rotatable bonds is 10. The van der Waals surface area contributed by atoms with Gasteiger partial charge in [-0.05, 0) is 25.8 Å². The van der Waals surface area contributed by atoms with Gasteiger partial charge in [0.15, 0.2) is 9.84 Å². The van der Waals surface area contributed by atoms with Crippen LogP contribution in [-0.4, -0.2) is 37.9 Å². The van der Waals surface area contributed by atoms with E-state index >= 15 is 0 Å². The molecule has 0 spiro atoms. The van der Waals surface area contributed by atoms with Crippen LogP contribution < -0.4 is 11.1 Å². The van der Waals surface area contributed by atoms with E-state index in [9.17, 15) is 13.2 Å². The van der Waals surface area contributed by atoms with Crippen LogP contribution in [0.15, 0.2) is 0 Å². The predicted molar refractivity (Wildman–Crippen MR) is 74.0 cm³/mol. The predicted octanol–water partition coefficient (Wildman–Crippen LogP) is 0.833. The van der Waals surface area contributed by atoms with Gasteiger partial charge in [-0.15, -0.1) is 0 Å². The molecule has 2 unspecified atom stereocenters. The van der Waals surface area contributed by atoms with Crippen molar-refractivity contribution >= 4 is 15.7 Å². The average molecular weight is 278 g/mol. The summed E-state index contributed by atoms with van der Waals surface area (Å²) in [6.07, 6.45) is 3.14. The van der Waals surface area contributed by atoms with E-state index in [1.54, 1.807) is 0 Å². The molecule has 0 bridgehead atoms. The fourth-order valence-electron chi connectivity index (χ4n) is 2.15. The van der Waals surface area contributed by atoms with Crippen LogP contribution in [0.2, 0.25) is 0 Å². The lowest BCUT2D eigenvalue weighted by molar-refractivity contribution is -0.115. The molecule has 6 heteroatoms. The van der Waals surface area contributed by atoms with Crippen molar-refractivity contribution in [2.24, 2.45) is 5.73 Å². The third-order valence-electron chi connectivity index (χ3n) is 2.91. The molecule has 0 saturated carbocycles. The minimum absolute atomic E-state index is 0.0932. The van der Waals surface area contributed by atoms with Crippen molar-refractivity contribution in [3.8, 4) is 0 Å². The summed E-state index contributed by atoms with van der Waals surface area (Å²) < 4.78 is 24.2.